The summed E-state index contributed by atoms with van der Waals surface area (Å²) in [7, 11) is 0. The van der Waals surface area contributed by atoms with E-state index in [4.69, 9.17) is 14.2 Å². The van der Waals surface area contributed by atoms with Gasteiger partial charge in [0.1, 0.15) is 13.2 Å². The Balaban J connectivity index is 4.55. The molecule has 0 aromatic heterocycles. The summed E-state index contributed by atoms with van der Waals surface area (Å²) in [6.07, 6.45) is 76.2. The van der Waals surface area contributed by atoms with Crippen molar-refractivity contribution in [3.05, 3.63) is 122 Å². The molecule has 6 nitrogen and oxygen atoms in total. The standard InChI is InChI=1S/C62H100O6/c1-4-7-10-13-16-19-22-25-28-30-31-32-35-37-40-43-46-49-52-55-61(64)67-58-59(57-66-60(63)54-51-48-45-42-39-36-33-27-24-21-18-15-12-9-6-3)68-62(65)56-53-50-47-44-41-38-34-29-26-23-20-17-14-11-8-5-2/h7,9-10,12,16,18-19,21,25,27-29,31-34,37,40,46,49,59H,4-6,8,11,13-15,17,20,22-24,26,30,35-36,38-39,41-45,47-48,50-58H2,1-3H3/b10-7-,12-9-,19-16-,21-18-,28-25-,32-31-,33-27-,34-29-,40-37-,49-46-. The number of carbonyl (C=O) groups excluding carboxylic acids is 3. The quantitative estimate of drug-likeness (QED) is 0.0262. The molecular formula is C62H100O6. The fraction of sp³-hybridized carbons (Fsp3) is 0.629. The van der Waals surface area contributed by atoms with Gasteiger partial charge in [0.15, 0.2) is 6.10 Å². The van der Waals surface area contributed by atoms with Crippen LogP contribution in [-0.4, -0.2) is 37.2 Å². The second-order valence-electron chi connectivity index (χ2n) is 17.7. The largest absolute Gasteiger partial charge is 0.462 e. The van der Waals surface area contributed by atoms with Crippen LogP contribution in [-0.2, 0) is 28.6 Å². The molecule has 0 amide bonds. The average Bonchev–Trinajstić information content (AvgIpc) is 3.34. The molecule has 68 heavy (non-hydrogen) atoms. The Morgan fingerprint density at radius 3 is 1.00 bits per heavy atom. The first-order valence-electron chi connectivity index (χ1n) is 27.5. The van der Waals surface area contributed by atoms with Crippen LogP contribution in [0.4, 0.5) is 0 Å². The van der Waals surface area contributed by atoms with Gasteiger partial charge in [-0.3, -0.25) is 14.4 Å². The van der Waals surface area contributed by atoms with Crippen LogP contribution in [0, 0.1) is 0 Å². The molecule has 0 aromatic carbocycles. The minimum absolute atomic E-state index is 0.117. The summed E-state index contributed by atoms with van der Waals surface area (Å²) < 4.78 is 16.7. The van der Waals surface area contributed by atoms with Crippen molar-refractivity contribution >= 4 is 17.9 Å². The number of rotatable bonds is 48. The predicted octanol–water partition coefficient (Wildman–Crippen LogP) is 18.5. The second kappa shape index (κ2) is 55.4. The van der Waals surface area contributed by atoms with Crippen LogP contribution in [0.3, 0.4) is 0 Å². The van der Waals surface area contributed by atoms with Crippen molar-refractivity contribution in [3.8, 4) is 0 Å². The Morgan fingerprint density at radius 1 is 0.309 bits per heavy atom. The molecule has 0 spiro atoms. The lowest BCUT2D eigenvalue weighted by atomic mass is 10.1. The summed E-state index contributed by atoms with van der Waals surface area (Å²) in [6, 6.07) is 0. The maximum Gasteiger partial charge on any atom is 0.306 e. The van der Waals surface area contributed by atoms with E-state index in [-0.39, 0.29) is 37.5 Å². The molecule has 0 saturated heterocycles. The van der Waals surface area contributed by atoms with Crippen LogP contribution in [0.5, 0.6) is 0 Å². The highest BCUT2D eigenvalue weighted by Gasteiger charge is 2.19. The van der Waals surface area contributed by atoms with E-state index in [9.17, 15) is 14.4 Å². The van der Waals surface area contributed by atoms with Gasteiger partial charge in [0, 0.05) is 19.3 Å². The zero-order valence-corrected chi connectivity index (χ0v) is 43.8. The molecule has 0 heterocycles. The lowest BCUT2D eigenvalue weighted by Gasteiger charge is -2.18. The molecule has 0 N–H and O–H groups in total. The van der Waals surface area contributed by atoms with Crippen LogP contribution in [0.2, 0.25) is 0 Å². The Morgan fingerprint density at radius 2 is 0.603 bits per heavy atom. The number of hydrogen-bond acceptors (Lipinski definition) is 6. The van der Waals surface area contributed by atoms with Crippen molar-refractivity contribution in [2.24, 2.45) is 0 Å². The number of esters is 3. The highest BCUT2D eigenvalue weighted by Crippen LogP contribution is 2.13. The molecule has 0 aliphatic carbocycles. The van der Waals surface area contributed by atoms with Gasteiger partial charge in [0.05, 0.1) is 0 Å². The number of carbonyl (C=O) groups is 3. The lowest BCUT2D eigenvalue weighted by Crippen LogP contribution is -2.30. The molecule has 0 radical (unpaired) electrons. The zero-order valence-electron chi connectivity index (χ0n) is 43.8. The monoisotopic (exact) mass is 941 g/mol. The fourth-order valence-electron chi connectivity index (χ4n) is 7.12. The van der Waals surface area contributed by atoms with E-state index >= 15 is 0 Å². The molecule has 0 aliphatic heterocycles. The van der Waals surface area contributed by atoms with E-state index in [1.807, 2.05) is 12.2 Å². The first-order chi connectivity index (χ1) is 33.5. The molecule has 0 aliphatic rings. The van der Waals surface area contributed by atoms with Gasteiger partial charge in [0.25, 0.3) is 0 Å². The first kappa shape index (κ1) is 63.8. The van der Waals surface area contributed by atoms with E-state index in [2.05, 4.69) is 130 Å². The van der Waals surface area contributed by atoms with Crippen LogP contribution < -0.4 is 0 Å². The van der Waals surface area contributed by atoms with Gasteiger partial charge in [0.2, 0.25) is 0 Å². The fourth-order valence-corrected chi connectivity index (χ4v) is 7.12. The maximum atomic E-state index is 12.8. The Labute approximate surface area is 418 Å². The number of unbranched alkanes of at least 4 members (excludes halogenated alkanes) is 17. The molecule has 0 aromatic rings. The van der Waals surface area contributed by atoms with E-state index in [0.717, 1.165) is 128 Å². The van der Waals surface area contributed by atoms with Gasteiger partial charge in [-0.15, -0.1) is 0 Å². The zero-order chi connectivity index (χ0) is 49.3. The van der Waals surface area contributed by atoms with E-state index < -0.39 is 6.10 Å². The minimum Gasteiger partial charge on any atom is -0.462 e. The lowest BCUT2D eigenvalue weighted by molar-refractivity contribution is -0.166. The predicted molar refractivity (Wildman–Crippen MR) is 293 cm³/mol. The number of allylic oxidation sites excluding steroid dienone is 20. The molecular weight excluding hydrogens is 841 g/mol. The number of hydrogen-bond donors (Lipinski definition) is 0. The van der Waals surface area contributed by atoms with Gasteiger partial charge >= 0.3 is 17.9 Å². The maximum absolute atomic E-state index is 12.8. The van der Waals surface area contributed by atoms with Gasteiger partial charge in [-0.2, -0.15) is 0 Å². The Kier molecular flexibility index (Phi) is 52.0. The van der Waals surface area contributed by atoms with Gasteiger partial charge in [-0.25, -0.2) is 0 Å². The SMILES string of the molecule is CC/C=C\C/C=C\C/C=C\C/C=C\C/C=C\C/C=C\CCC(=O)OCC(COC(=O)CCCCCCC/C=C\C/C=C\C/C=C\CC)OC(=O)CCCCCCC/C=C\CCCCCCCCC. The Bertz CT molecular complexity index is 1450. The van der Waals surface area contributed by atoms with Crippen LogP contribution in [0.1, 0.15) is 233 Å². The van der Waals surface area contributed by atoms with Gasteiger partial charge in [-0.05, 0) is 116 Å². The van der Waals surface area contributed by atoms with Crippen molar-refractivity contribution in [2.45, 2.75) is 239 Å². The molecule has 1 atom stereocenters. The highest BCUT2D eigenvalue weighted by atomic mass is 16.6. The van der Waals surface area contributed by atoms with Gasteiger partial charge in [-0.1, -0.05) is 219 Å². The summed E-state index contributed by atoms with van der Waals surface area (Å²) >= 11 is 0. The van der Waals surface area contributed by atoms with E-state index in [0.29, 0.717) is 19.3 Å². The summed E-state index contributed by atoms with van der Waals surface area (Å²) in [6.45, 7) is 6.32. The first-order valence-corrected chi connectivity index (χ1v) is 27.5. The summed E-state index contributed by atoms with van der Waals surface area (Å²) in [5, 5.41) is 0. The molecule has 6 heteroatoms. The second-order valence-corrected chi connectivity index (χ2v) is 17.7. The van der Waals surface area contributed by atoms with Crippen molar-refractivity contribution < 1.29 is 28.6 Å². The third-order valence-corrected chi connectivity index (χ3v) is 11.2. The summed E-state index contributed by atoms with van der Waals surface area (Å²) in [4.78, 5) is 38.1. The van der Waals surface area contributed by atoms with Crippen molar-refractivity contribution in [2.75, 3.05) is 13.2 Å². The number of ether oxygens (including phenoxy) is 3. The van der Waals surface area contributed by atoms with E-state index in [1.54, 1.807) is 0 Å². The van der Waals surface area contributed by atoms with Crippen molar-refractivity contribution in [1.82, 2.24) is 0 Å². The van der Waals surface area contributed by atoms with Crippen LogP contribution in [0.25, 0.3) is 0 Å². The van der Waals surface area contributed by atoms with Crippen LogP contribution >= 0.6 is 0 Å². The molecule has 0 rings (SSSR count). The molecule has 0 fully saturated rings. The summed E-state index contributed by atoms with van der Waals surface area (Å²) in [5.41, 5.74) is 0. The average molecular weight is 941 g/mol. The van der Waals surface area contributed by atoms with Crippen molar-refractivity contribution in [3.63, 3.8) is 0 Å². The molecule has 0 saturated carbocycles. The van der Waals surface area contributed by atoms with Crippen LogP contribution in [0.15, 0.2) is 122 Å². The van der Waals surface area contributed by atoms with Gasteiger partial charge < -0.3 is 14.2 Å². The third kappa shape index (κ3) is 52.8. The molecule has 384 valence electrons. The smallest absolute Gasteiger partial charge is 0.306 e. The molecule has 1 unspecified atom stereocenters. The topological polar surface area (TPSA) is 78.9 Å². The third-order valence-electron chi connectivity index (χ3n) is 11.2. The summed E-state index contributed by atoms with van der Waals surface area (Å²) in [5.74, 6) is -1.03. The van der Waals surface area contributed by atoms with Crippen molar-refractivity contribution in [1.29, 1.82) is 0 Å². The Hall–Kier alpha value is -4.19. The highest BCUT2D eigenvalue weighted by molar-refractivity contribution is 5.71. The molecule has 0 bridgehead atoms. The normalized spacial score (nSPS) is 13.0. The minimum atomic E-state index is -0.824. The van der Waals surface area contributed by atoms with E-state index in [1.165, 1.54) is 57.8 Å².